The van der Waals surface area contributed by atoms with Gasteiger partial charge in [-0.15, -0.1) is 0 Å². The summed E-state index contributed by atoms with van der Waals surface area (Å²) in [5.74, 6) is -1.32. The molecule has 0 spiro atoms. The molecule has 0 saturated heterocycles. The predicted molar refractivity (Wildman–Crippen MR) is 74.4 cm³/mol. The number of halogens is 1. The number of hydrogen-bond donors (Lipinski definition) is 0. The van der Waals surface area contributed by atoms with Crippen LogP contribution in [-0.4, -0.2) is 44.2 Å². The highest BCUT2D eigenvalue weighted by molar-refractivity contribution is 6.33. The average Bonchev–Trinajstić information content (AvgIpc) is 2.45. The topological polar surface area (TPSA) is 99.0 Å². The van der Waals surface area contributed by atoms with Crippen LogP contribution in [0.3, 0.4) is 0 Å². The number of esters is 2. The number of nitro benzene ring substituents is 1. The van der Waals surface area contributed by atoms with Crippen LogP contribution in [0.5, 0.6) is 0 Å². The lowest BCUT2D eigenvalue weighted by Crippen LogP contribution is -2.36. The van der Waals surface area contributed by atoms with E-state index in [0.29, 0.717) is 0 Å². The summed E-state index contributed by atoms with van der Waals surface area (Å²) in [6.07, 6.45) is 0. The largest absolute Gasteiger partial charge is 0.468 e. The number of carbonyl (C=O) groups excluding carboxylic acids is 2. The van der Waals surface area contributed by atoms with Gasteiger partial charge in [-0.25, -0.2) is 0 Å². The predicted octanol–water partition coefficient (Wildman–Crippen LogP) is 1.40. The number of para-hydroxylation sites is 1. The molecular weight excluding hydrogens is 304 g/mol. The summed E-state index contributed by atoms with van der Waals surface area (Å²) in [4.78, 5) is 34.4. The Kier molecular flexibility index (Phi) is 5.92. The fraction of sp³-hybridized carbons (Fsp3) is 0.333. The maximum atomic E-state index is 11.4. The monoisotopic (exact) mass is 316 g/mol. The van der Waals surface area contributed by atoms with E-state index in [-0.39, 0.29) is 23.8 Å². The molecule has 0 N–H and O–H groups in total. The first-order valence-corrected chi connectivity index (χ1v) is 6.10. The zero-order valence-corrected chi connectivity index (χ0v) is 12.1. The van der Waals surface area contributed by atoms with Crippen molar-refractivity contribution in [2.45, 2.75) is 0 Å². The van der Waals surface area contributed by atoms with Crippen LogP contribution >= 0.6 is 11.6 Å². The number of ether oxygens (including phenoxy) is 2. The van der Waals surface area contributed by atoms with Crippen molar-refractivity contribution >= 4 is 34.9 Å². The van der Waals surface area contributed by atoms with E-state index < -0.39 is 22.5 Å². The first kappa shape index (κ1) is 16.7. The van der Waals surface area contributed by atoms with E-state index in [1.807, 2.05) is 0 Å². The lowest BCUT2D eigenvalue weighted by Gasteiger charge is -2.22. The highest BCUT2D eigenvalue weighted by atomic mass is 35.5. The van der Waals surface area contributed by atoms with Crippen LogP contribution in [0.2, 0.25) is 5.02 Å². The third-order valence-electron chi connectivity index (χ3n) is 2.58. The Balaban J connectivity index is 3.24. The standard InChI is InChI=1S/C12H13ClN2O6/c1-20-10(16)6-14(7-11(17)21-2)9-5-3-4-8(13)12(9)15(18)19/h3-5H,6-7H2,1-2H3. The van der Waals surface area contributed by atoms with E-state index >= 15 is 0 Å². The second kappa shape index (κ2) is 7.44. The minimum atomic E-state index is -0.681. The van der Waals surface area contributed by atoms with Gasteiger partial charge in [0, 0.05) is 0 Å². The molecule has 0 fully saturated rings. The van der Waals surface area contributed by atoms with Crippen molar-refractivity contribution in [3.8, 4) is 0 Å². The third kappa shape index (κ3) is 4.32. The summed E-state index contributed by atoms with van der Waals surface area (Å²) in [6.45, 7) is -0.709. The van der Waals surface area contributed by atoms with Crippen molar-refractivity contribution in [3.63, 3.8) is 0 Å². The smallest absolute Gasteiger partial charge is 0.325 e. The van der Waals surface area contributed by atoms with Crippen LogP contribution in [0.15, 0.2) is 18.2 Å². The SMILES string of the molecule is COC(=O)CN(CC(=O)OC)c1cccc(Cl)c1[N+](=O)[O-]. The number of benzene rings is 1. The average molecular weight is 317 g/mol. The Morgan fingerprint density at radius 1 is 1.24 bits per heavy atom. The minimum Gasteiger partial charge on any atom is -0.468 e. The Morgan fingerprint density at radius 3 is 2.19 bits per heavy atom. The van der Waals surface area contributed by atoms with E-state index in [1.54, 1.807) is 0 Å². The summed E-state index contributed by atoms with van der Waals surface area (Å²) in [6, 6.07) is 4.21. The summed E-state index contributed by atoms with van der Waals surface area (Å²) in [5, 5.41) is 11.0. The lowest BCUT2D eigenvalue weighted by atomic mass is 10.2. The molecule has 0 atom stereocenters. The number of methoxy groups -OCH3 is 2. The molecule has 0 saturated carbocycles. The van der Waals surface area contributed by atoms with Crippen LogP contribution in [0.4, 0.5) is 11.4 Å². The van der Waals surface area contributed by atoms with Crippen molar-refractivity contribution in [2.75, 3.05) is 32.2 Å². The van der Waals surface area contributed by atoms with Gasteiger partial charge in [-0.05, 0) is 12.1 Å². The number of nitro groups is 1. The molecule has 0 aliphatic carbocycles. The van der Waals surface area contributed by atoms with Gasteiger partial charge in [-0.3, -0.25) is 19.7 Å². The molecule has 0 unspecified atom stereocenters. The zero-order chi connectivity index (χ0) is 16.0. The molecule has 0 aromatic heterocycles. The summed E-state index contributed by atoms with van der Waals surface area (Å²) < 4.78 is 9.02. The zero-order valence-electron chi connectivity index (χ0n) is 11.4. The Hall–Kier alpha value is -2.35. The van der Waals surface area contributed by atoms with E-state index in [1.165, 1.54) is 37.3 Å². The molecule has 1 aromatic carbocycles. The summed E-state index contributed by atoms with van der Waals surface area (Å²) >= 11 is 5.81. The summed E-state index contributed by atoms with van der Waals surface area (Å²) in [5.41, 5.74) is -0.365. The van der Waals surface area contributed by atoms with Gasteiger partial charge in [0.2, 0.25) is 0 Å². The van der Waals surface area contributed by atoms with Gasteiger partial charge in [0.1, 0.15) is 23.8 Å². The van der Waals surface area contributed by atoms with Crippen LogP contribution < -0.4 is 4.90 Å². The Morgan fingerprint density at radius 2 is 1.76 bits per heavy atom. The molecular formula is C12H13ClN2O6. The summed E-state index contributed by atoms with van der Waals surface area (Å²) in [7, 11) is 2.34. The molecule has 114 valence electrons. The van der Waals surface area contributed by atoms with Crippen molar-refractivity contribution < 1.29 is 24.0 Å². The van der Waals surface area contributed by atoms with Crippen LogP contribution in [0, 0.1) is 10.1 Å². The fourth-order valence-corrected chi connectivity index (χ4v) is 1.85. The molecule has 0 aliphatic rings. The number of nitrogens with zero attached hydrogens (tertiary/aromatic N) is 2. The van der Waals surface area contributed by atoms with E-state index in [4.69, 9.17) is 11.6 Å². The van der Waals surface area contributed by atoms with Gasteiger partial charge in [0.05, 0.1) is 19.1 Å². The van der Waals surface area contributed by atoms with Gasteiger partial charge in [0.25, 0.3) is 0 Å². The Labute approximate surface area is 125 Å². The highest BCUT2D eigenvalue weighted by Crippen LogP contribution is 2.34. The number of rotatable bonds is 6. The molecule has 0 radical (unpaired) electrons. The first-order valence-electron chi connectivity index (χ1n) is 5.72. The lowest BCUT2D eigenvalue weighted by molar-refractivity contribution is -0.384. The van der Waals surface area contributed by atoms with E-state index in [0.717, 1.165) is 0 Å². The Bertz CT molecular complexity index is 545. The molecule has 0 heterocycles. The van der Waals surface area contributed by atoms with Gasteiger partial charge in [0.15, 0.2) is 0 Å². The fourth-order valence-electron chi connectivity index (χ4n) is 1.61. The molecule has 0 amide bonds. The third-order valence-corrected chi connectivity index (χ3v) is 2.89. The van der Waals surface area contributed by atoms with Crippen molar-refractivity contribution in [1.29, 1.82) is 0 Å². The van der Waals surface area contributed by atoms with Gasteiger partial charge in [-0.1, -0.05) is 17.7 Å². The second-order valence-corrected chi connectivity index (χ2v) is 4.28. The molecule has 0 bridgehead atoms. The molecule has 1 rings (SSSR count). The number of carbonyl (C=O) groups is 2. The van der Waals surface area contributed by atoms with Crippen LogP contribution in [0.25, 0.3) is 0 Å². The maximum Gasteiger partial charge on any atom is 0.325 e. The second-order valence-electron chi connectivity index (χ2n) is 3.87. The molecule has 21 heavy (non-hydrogen) atoms. The van der Waals surface area contributed by atoms with Gasteiger partial charge >= 0.3 is 17.6 Å². The van der Waals surface area contributed by atoms with Crippen molar-refractivity contribution in [1.82, 2.24) is 0 Å². The van der Waals surface area contributed by atoms with Gasteiger partial charge in [-0.2, -0.15) is 0 Å². The van der Waals surface area contributed by atoms with E-state index in [9.17, 15) is 19.7 Å². The number of hydrogen-bond acceptors (Lipinski definition) is 7. The molecule has 1 aromatic rings. The normalized spacial score (nSPS) is 9.86. The molecule has 9 heteroatoms. The van der Waals surface area contributed by atoms with Crippen molar-refractivity contribution in [3.05, 3.63) is 33.3 Å². The number of anilines is 1. The highest BCUT2D eigenvalue weighted by Gasteiger charge is 2.26. The van der Waals surface area contributed by atoms with Gasteiger partial charge < -0.3 is 14.4 Å². The van der Waals surface area contributed by atoms with Crippen LogP contribution in [-0.2, 0) is 19.1 Å². The molecule has 0 aliphatic heterocycles. The van der Waals surface area contributed by atoms with Crippen molar-refractivity contribution in [2.24, 2.45) is 0 Å². The first-order chi connectivity index (χ1) is 9.90. The quantitative estimate of drug-likeness (QED) is 0.444. The van der Waals surface area contributed by atoms with Crippen LogP contribution in [0.1, 0.15) is 0 Å². The van der Waals surface area contributed by atoms with E-state index in [2.05, 4.69) is 9.47 Å². The molecule has 8 nitrogen and oxygen atoms in total. The minimum absolute atomic E-state index is 0.0308. The maximum absolute atomic E-state index is 11.4.